The number of hydrogen-bond acceptors (Lipinski definition) is 8. The summed E-state index contributed by atoms with van der Waals surface area (Å²) < 4.78 is 11.1. The van der Waals surface area contributed by atoms with E-state index in [0.717, 1.165) is 0 Å². The molecule has 0 radical (unpaired) electrons. The fraction of sp³-hybridized carbons (Fsp3) is 0.667. The monoisotopic (exact) mass is 485 g/mol. The number of carbonyl (C=O) groups excluding carboxylic acids is 2. The summed E-state index contributed by atoms with van der Waals surface area (Å²) in [4.78, 5) is 27.7. The fourth-order valence-electron chi connectivity index (χ4n) is 7.68. The number of nitrogens with zero attached hydrogens (tertiary/aromatic N) is 1. The molecule has 1 aromatic rings. The molecule has 5 rings (SSSR count). The molecule has 35 heavy (non-hydrogen) atoms. The summed E-state index contributed by atoms with van der Waals surface area (Å²) >= 11 is 0. The summed E-state index contributed by atoms with van der Waals surface area (Å²) in [7, 11) is 0. The molecular weight excluding hydrogens is 450 g/mol. The summed E-state index contributed by atoms with van der Waals surface area (Å²) in [5, 5.41) is 38.1. The molecule has 1 heterocycles. The second-order valence-electron chi connectivity index (χ2n) is 11.6. The average Bonchev–Trinajstić information content (AvgIpc) is 3.08. The molecular formula is C27H35NO7. The molecule has 0 amide bonds. The minimum absolute atomic E-state index is 0.0493. The van der Waals surface area contributed by atoms with Gasteiger partial charge in [-0.1, -0.05) is 45.0 Å². The SMILES string of the molecule is CCc1noc(C)c1C(=O)O[C@H]1C(C)=C[C@]23C(=O)[C@@H](C=C(CO)[C@@H](O)[C@]12O)[C@H]1[C@@H](C[C@H]3C)C1(C)C. The van der Waals surface area contributed by atoms with Gasteiger partial charge in [-0.25, -0.2) is 4.79 Å². The Morgan fingerprint density at radius 1 is 1.31 bits per heavy atom. The van der Waals surface area contributed by atoms with Crippen LogP contribution in [0.4, 0.5) is 0 Å². The van der Waals surface area contributed by atoms with E-state index in [1.54, 1.807) is 26.0 Å². The second-order valence-corrected chi connectivity index (χ2v) is 11.6. The van der Waals surface area contributed by atoms with Gasteiger partial charge in [-0.15, -0.1) is 0 Å². The van der Waals surface area contributed by atoms with E-state index >= 15 is 0 Å². The van der Waals surface area contributed by atoms with Crippen LogP contribution < -0.4 is 0 Å². The molecule has 0 aliphatic heterocycles. The van der Waals surface area contributed by atoms with E-state index in [1.165, 1.54) is 0 Å². The van der Waals surface area contributed by atoms with E-state index in [9.17, 15) is 24.9 Å². The number of aliphatic hydroxyl groups excluding tert-OH is 2. The van der Waals surface area contributed by atoms with Gasteiger partial charge in [0, 0.05) is 5.92 Å². The highest BCUT2D eigenvalue weighted by Crippen LogP contribution is 2.71. The Kier molecular flexibility index (Phi) is 5.30. The van der Waals surface area contributed by atoms with Gasteiger partial charge in [-0.05, 0) is 61.0 Å². The lowest BCUT2D eigenvalue weighted by Gasteiger charge is -2.48. The Morgan fingerprint density at radius 3 is 2.63 bits per heavy atom. The third-order valence-corrected chi connectivity index (χ3v) is 9.59. The quantitative estimate of drug-likeness (QED) is 0.438. The molecule has 0 aromatic carbocycles. The highest BCUT2D eigenvalue weighted by Gasteiger charge is 2.76. The van der Waals surface area contributed by atoms with Crippen LogP contribution >= 0.6 is 0 Å². The minimum Gasteiger partial charge on any atom is -0.451 e. The van der Waals surface area contributed by atoms with Crippen LogP contribution in [0.1, 0.15) is 62.9 Å². The number of fused-ring (bicyclic) bond motifs is 3. The van der Waals surface area contributed by atoms with E-state index in [2.05, 4.69) is 19.0 Å². The lowest BCUT2D eigenvalue weighted by molar-refractivity contribution is -0.190. The first-order valence-electron chi connectivity index (χ1n) is 12.5. The first-order valence-corrected chi connectivity index (χ1v) is 12.5. The summed E-state index contributed by atoms with van der Waals surface area (Å²) in [6, 6.07) is 0. The van der Waals surface area contributed by atoms with Crippen molar-refractivity contribution in [3.05, 3.63) is 40.3 Å². The number of aryl methyl sites for hydroxylation is 2. The fourth-order valence-corrected chi connectivity index (χ4v) is 7.68. The Morgan fingerprint density at radius 2 is 2.00 bits per heavy atom. The summed E-state index contributed by atoms with van der Waals surface area (Å²) in [5.74, 6) is -1.13. The van der Waals surface area contributed by atoms with Crippen LogP contribution in [-0.4, -0.2) is 56.6 Å². The molecule has 2 fully saturated rings. The number of Topliss-reactive ketones (excluding diaryl/α,β-unsaturated/α-hetero) is 1. The number of ketones is 1. The van der Waals surface area contributed by atoms with Gasteiger partial charge in [-0.3, -0.25) is 4.79 Å². The zero-order valence-corrected chi connectivity index (χ0v) is 21.2. The number of rotatable bonds is 4. The lowest BCUT2D eigenvalue weighted by atomic mass is 9.59. The molecule has 1 aromatic heterocycles. The van der Waals surface area contributed by atoms with Crippen molar-refractivity contribution in [1.29, 1.82) is 0 Å². The standard InChI is InChI=1S/C27H35NO7/c1-7-18-19(14(4)35-28-18)24(32)34-23-12(2)10-26-13(3)8-17-20(25(17,5)6)16(22(26)31)9-15(11-29)21(30)27(23,26)33/h9-10,13,16-17,20-21,23,29-30,33H,7-8,11H2,1-6H3/t13-,16+,17-,20+,21-,23+,26+,27+/m1/s1. The maximum absolute atomic E-state index is 14.4. The number of ether oxygens (including phenoxy) is 1. The number of allylic oxidation sites excluding steroid dienone is 1. The van der Waals surface area contributed by atoms with Gasteiger partial charge in [0.25, 0.3) is 0 Å². The molecule has 4 aliphatic carbocycles. The van der Waals surface area contributed by atoms with E-state index < -0.39 is 41.7 Å². The van der Waals surface area contributed by atoms with E-state index in [1.807, 2.05) is 13.8 Å². The molecule has 4 aliphatic rings. The van der Waals surface area contributed by atoms with E-state index in [4.69, 9.17) is 9.26 Å². The minimum atomic E-state index is -2.16. The van der Waals surface area contributed by atoms with Crippen LogP contribution in [0.2, 0.25) is 0 Å². The van der Waals surface area contributed by atoms with Crippen molar-refractivity contribution in [1.82, 2.24) is 5.16 Å². The van der Waals surface area contributed by atoms with Crippen LogP contribution in [0.15, 0.2) is 27.8 Å². The lowest BCUT2D eigenvalue weighted by Crippen LogP contribution is -2.65. The Balaban J connectivity index is 1.64. The molecule has 2 bridgehead atoms. The maximum atomic E-state index is 14.4. The topological polar surface area (TPSA) is 130 Å². The molecule has 8 nitrogen and oxygen atoms in total. The van der Waals surface area contributed by atoms with Gasteiger partial charge in [0.05, 0.1) is 17.7 Å². The largest absolute Gasteiger partial charge is 0.451 e. The number of aromatic nitrogens is 1. The first kappa shape index (κ1) is 24.4. The summed E-state index contributed by atoms with van der Waals surface area (Å²) in [6.45, 7) is 10.9. The molecule has 1 spiro atoms. The van der Waals surface area contributed by atoms with Crippen molar-refractivity contribution in [2.24, 2.45) is 34.5 Å². The van der Waals surface area contributed by atoms with Crippen molar-refractivity contribution >= 4 is 11.8 Å². The molecule has 8 atom stereocenters. The van der Waals surface area contributed by atoms with Crippen molar-refractivity contribution in [2.75, 3.05) is 6.61 Å². The summed E-state index contributed by atoms with van der Waals surface area (Å²) in [6.07, 6.45) is 1.66. The third kappa shape index (κ3) is 2.87. The maximum Gasteiger partial charge on any atom is 0.344 e. The van der Waals surface area contributed by atoms with Crippen LogP contribution in [0.3, 0.4) is 0 Å². The van der Waals surface area contributed by atoms with Crippen LogP contribution in [0.5, 0.6) is 0 Å². The highest BCUT2D eigenvalue weighted by molar-refractivity contribution is 5.96. The predicted octanol–water partition coefficient (Wildman–Crippen LogP) is 2.54. The summed E-state index contributed by atoms with van der Waals surface area (Å²) in [5.41, 5.74) is -2.36. The number of esters is 1. The number of hydrogen-bond donors (Lipinski definition) is 3. The van der Waals surface area contributed by atoms with Gasteiger partial charge >= 0.3 is 5.97 Å². The Labute approximate surface area is 205 Å². The zero-order valence-electron chi connectivity index (χ0n) is 21.2. The zero-order chi connectivity index (χ0) is 25.7. The Hall–Kier alpha value is -2.29. The van der Waals surface area contributed by atoms with E-state index in [0.29, 0.717) is 29.9 Å². The van der Waals surface area contributed by atoms with Gasteiger partial charge < -0.3 is 24.6 Å². The number of aliphatic hydroxyl groups is 3. The van der Waals surface area contributed by atoms with Gasteiger partial charge in [0.2, 0.25) is 0 Å². The molecule has 3 N–H and O–H groups in total. The highest BCUT2D eigenvalue weighted by atomic mass is 16.6. The Bertz CT molecular complexity index is 1160. The number of carbonyl (C=O) groups is 2. The van der Waals surface area contributed by atoms with Crippen LogP contribution in [-0.2, 0) is 16.0 Å². The molecule has 0 saturated heterocycles. The van der Waals surface area contributed by atoms with Crippen LogP contribution in [0, 0.1) is 41.4 Å². The average molecular weight is 486 g/mol. The van der Waals surface area contributed by atoms with Crippen LogP contribution in [0.25, 0.3) is 0 Å². The van der Waals surface area contributed by atoms with Crippen molar-refractivity contribution in [3.8, 4) is 0 Å². The van der Waals surface area contributed by atoms with Crippen molar-refractivity contribution in [2.45, 2.75) is 72.2 Å². The first-order chi connectivity index (χ1) is 16.4. The van der Waals surface area contributed by atoms with E-state index in [-0.39, 0.29) is 40.1 Å². The molecule has 8 heteroatoms. The van der Waals surface area contributed by atoms with Gasteiger partial charge in [0.15, 0.2) is 17.5 Å². The third-order valence-electron chi connectivity index (χ3n) is 9.59. The van der Waals surface area contributed by atoms with Crippen molar-refractivity contribution in [3.63, 3.8) is 0 Å². The van der Waals surface area contributed by atoms with Gasteiger partial charge in [-0.2, -0.15) is 0 Å². The molecule has 2 saturated carbocycles. The normalized spacial score (nSPS) is 41.2. The van der Waals surface area contributed by atoms with Gasteiger partial charge in [0.1, 0.15) is 17.4 Å². The smallest absolute Gasteiger partial charge is 0.344 e. The molecule has 190 valence electrons. The molecule has 0 unspecified atom stereocenters. The second kappa shape index (κ2) is 7.60. The van der Waals surface area contributed by atoms with Crippen molar-refractivity contribution < 1.29 is 34.2 Å². The predicted molar refractivity (Wildman–Crippen MR) is 125 cm³/mol.